The highest BCUT2D eigenvalue weighted by Crippen LogP contribution is 2.48. The van der Waals surface area contributed by atoms with Gasteiger partial charge in [0.05, 0.1) is 10.3 Å². The third-order valence-electron chi connectivity index (χ3n) is 7.45. The third-order valence-corrected chi connectivity index (χ3v) is 11.8. The first kappa shape index (κ1) is 42.4. The number of amides is 1. The van der Waals surface area contributed by atoms with Gasteiger partial charge in [0.25, 0.3) is 50.6 Å². The number of azo groups is 2. The van der Waals surface area contributed by atoms with E-state index in [1.807, 2.05) is 0 Å². The maximum absolute atomic E-state index is 12.7. The van der Waals surface area contributed by atoms with Crippen LogP contribution in [0.5, 0.6) is 17.2 Å². The number of rotatable bonds is 10. The molecule has 0 unspecified atom stereocenters. The lowest BCUT2D eigenvalue weighted by molar-refractivity contribution is -0.114. The minimum absolute atomic E-state index is 0.149. The second-order valence-electron chi connectivity index (χ2n) is 11.3. The summed E-state index contributed by atoms with van der Waals surface area (Å²) in [5, 5.41) is 45.6. The molecule has 24 nitrogen and oxygen atoms in total. The van der Waals surface area contributed by atoms with Gasteiger partial charge in [-0.1, -0.05) is 0 Å². The minimum atomic E-state index is -5.63. The molecule has 302 valence electrons. The SMILES string of the molecule is CC(=O)Nc1ccc(/N=N/c2c(S(=O)(=O)O)cc3c(S(=O)(=O)O)c(/N=N/c4c(S(=O)(=O)O)cc5cc(S(=O)(=O)O)cc(O)c5c4O)ccc3c2O)c(S(=O)(=O)O)c1. The van der Waals surface area contributed by atoms with Crippen LogP contribution in [0.2, 0.25) is 0 Å². The number of hydrogen-bond donors (Lipinski definition) is 9. The van der Waals surface area contributed by atoms with Crippen molar-refractivity contribution in [3.05, 3.63) is 54.6 Å². The van der Waals surface area contributed by atoms with Gasteiger partial charge in [0.1, 0.15) is 48.1 Å². The van der Waals surface area contributed by atoms with E-state index in [0.717, 1.165) is 31.2 Å². The number of phenols is 3. The number of benzene rings is 5. The van der Waals surface area contributed by atoms with Crippen LogP contribution < -0.4 is 5.32 Å². The lowest BCUT2D eigenvalue weighted by Gasteiger charge is -2.13. The Morgan fingerprint density at radius 1 is 0.544 bits per heavy atom. The zero-order valence-electron chi connectivity index (χ0n) is 27.6. The molecule has 0 aromatic heterocycles. The van der Waals surface area contributed by atoms with Gasteiger partial charge in [0, 0.05) is 29.4 Å². The highest BCUT2D eigenvalue weighted by molar-refractivity contribution is 7.87. The monoisotopic (exact) mass is 891 g/mol. The lowest BCUT2D eigenvalue weighted by Crippen LogP contribution is -2.07. The normalized spacial score (nSPS) is 13.2. The molecular weight excluding hydrogens is 871 g/mol. The van der Waals surface area contributed by atoms with E-state index < -0.39 is 143 Å². The summed E-state index contributed by atoms with van der Waals surface area (Å²) in [5.41, 5.74) is -4.26. The first-order valence-corrected chi connectivity index (χ1v) is 21.7. The highest BCUT2D eigenvalue weighted by atomic mass is 32.2. The van der Waals surface area contributed by atoms with Crippen molar-refractivity contribution >= 4 is 106 Å². The van der Waals surface area contributed by atoms with Crippen LogP contribution in [0, 0.1) is 0 Å². The molecule has 0 aliphatic carbocycles. The number of aromatic hydroxyl groups is 3. The van der Waals surface area contributed by atoms with Crippen LogP contribution in [0.25, 0.3) is 21.5 Å². The molecule has 0 heterocycles. The molecule has 0 saturated carbocycles. The largest absolute Gasteiger partial charge is 0.507 e. The molecule has 9 N–H and O–H groups in total. The molecule has 0 fully saturated rings. The van der Waals surface area contributed by atoms with E-state index in [9.17, 15) is 85.0 Å². The Bertz CT molecular complexity index is 3240. The maximum Gasteiger partial charge on any atom is 0.297 e. The summed E-state index contributed by atoms with van der Waals surface area (Å²) in [6, 6.07) is 5.99. The van der Waals surface area contributed by atoms with Crippen LogP contribution in [0.3, 0.4) is 0 Å². The molecule has 0 saturated heterocycles. The van der Waals surface area contributed by atoms with Crippen molar-refractivity contribution in [3.8, 4) is 17.2 Å². The number of fused-ring (bicyclic) bond motifs is 2. The van der Waals surface area contributed by atoms with Crippen molar-refractivity contribution in [2.75, 3.05) is 5.32 Å². The molecule has 5 aromatic rings. The Morgan fingerprint density at radius 3 is 1.60 bits per heavy atom. The lowest BCUT2D eigenvalue weighted by atomic mass is 10.1. The fourth-order valence-electron chi connectivity index (χ4n) is 5.20. The predicted octanol–water partition coefficient (Wildman–Crippen LogP) is 4.13. The molecule has 5 rings (SSSR count). The molecule has 1 amide bonds. The smallest absolute Gasteiger partial charge is 0.297 e. The van der Waals surface area contributed by atoms with E-state index in [4.69, 9.17) is 0 Å². The second-order valence-corrected chi connectivity index (χ2v) is 18.3. The van der Waals surface area contributed by atoms with Gasteiger partial charge >= 0.3 is 0 Å². The van der Waals surface area contributed by atoms with Crippen molar-refractivity contribution in [2.24, 2.45) is 20.5 Å². The summed E-state index contributed by atoms with van der Waals surface area (Å²) >= 11 is 0. The Labute approximate surface area is 319 Å². The Balaban J connectivity index is 1.77. The Kier molecular flexibility index (Phi) is 10.6. The molecular formula is C28H21N5O19S5. The summed E-state index contributed by atoms with van der Waals surface area (Å²) < 4.78 is 172. The van der Waals surface area contributed by atoms with Crippen molar-refractivity contribution in [2.45, 2.75) is 31.4 Å². The number of anilines is 1. The van der Waals surface area contributed by atoms with E-state index >= 15 is 0 Å². The molecule has 0 spiro atoms. The van der Waals surface area contributed by atoms with Crippen LogP contribution >= 0.6 is 0 Å². The van der Waals surface area contributed by atoms with E-state index in [1.54, 1.807) is 0 Å². The first-order chi connectivity index (χ1) is 26.0. The summed E-state index contributed by atoms with van der Waals surface area (Å²) in [5.74, 6) is -4.34. The predicted molar refractivity (Wildman–Crippen MR) is 191 cm³/mol. The average molecular weight is 892 g/mol. The van der Waals surface area contributed by atoms with E-state index in [1.165, 1.54) is 0 Å². The van der Waals surface area contributed by atoms with Gasteiger partial charge in [-0.05, 0) is 53.9 Å². The maximum atomic E-state index is 12.7. The average Bonchev–Trinajstić information content (AvgIpc) is 3.04. The molecule has 0 atom stereocenters. The topological polar surface area (TPSA) is 411 Å². The number of carbonyl (C=O) groups is 1. The minimum Gasteiger partial charge on any atom is -0.507 e. The molecule has 0 aliphatic rings. The molecule has 29 heteroatoms. The molecule has 0 aliphatic heterocycles. The fourth-order valence-corrected chi connectivity index (χ4v) is 8.51. The highest BCUT2D eigenvalue weighted by Gasteiger charge is 2.30. The van der Waals surface area contributed by atoms with E-state index in [2.05, 4.69) is 25.8 Å². The summed E-state index contributed by atoms with van der Waals surface area (Å²) in [6.45, 7) is 1.08. The zero-order chi connectivity index (χ0) is 42.8. The van der Waals surface area contributed by atoms with Gasteiger partial charge in [0.15, 0.2) is 11.5 Å². The van der Waals surface area contributed by atoms with Crippen molar-refractivity contribution in [3.63, 3.8) is 0 Å². The van der Waals surface area contributed by atoms with Crippen molar-refractivity contribution in [1.29, 1.82) is 0 Å². The van der Waals surface area contributed by atoms with Crippen molar-refractivity contribution in [1.82, 2.24) is 0 Å². The van der Waals surface area contributed by atoms with Gasteiger partial charge in [-0.2, -0.15) is 42.1 Å². The van der Waals surface area contributed by atoms with Crippen LogP contribution in [-0.4, -0.2) is 86.1 Å². The molecule has 5 aromatic carbocycles. The number of nitrogens with zero attached hydrogens (tertiary/aromatic N) is 4. The standard InChI is InChI=1S/C28H21N5O19S5/c1-11(34)29-13-2-4-17(20(8-13)54(41,42)43)30-32-24-22(56(47,48)49)10-16-15(26(24)36)3-5-18(28(16)57(50,51)52)31-33-25-21(55(44,45)46)7-12-6-14(53(38,39)40)9-19(35)23(12)27(25)37/h2-10,35-37H,1H3,(H,29,34)(H,38,39,40)(H,41,42,43)(H,44,45,46)(H,47,48,49)(H,50,51,52)/b32-30+,33-31+. The summed E-state index contributed by atoms with van der Waals surface area (Å²) in [6.07, 6.45) is 0. The van der Waals surface area contributed by atoms with Crippen molar-refractivity contribution < 1.29 is 85.0 Å². The van der Waals surface area contributed by atoms with Crippen LogP contribution in [0.4, 0.5) is 28.4 Å². The molecule has 57 heavy (non-hydrogen) atoms. The van der Waals surface area contributed by atoms with E-state index in [0.29, 0.717) is 30.3 Å². The van der Waals surface area contributed by atoms with Gasteiger partial charge < -0.3 is 20.6 Å². The molecule has 0 bridgehead atoms. The quantitative estimate of drug-likeness (QED) is 0.0702. The third kappa shape index (κ3) is 8.65. The number of hydrogen-bond acceptors (Lipinski definition) is 18. The Morgan fingerprint density at radius 2 is 1.07 bits per heavy atom. The van der Waals surface area contributed by atoms with Crippen LogP contribution in [-0.2, 0) is 55.4 Å². The van der Waals surface area contributed by atoms with Crippen LogP contribution in [0.15, 0.2) is 99.5 Å². The molecule has 0 radical (unpaired) electrons. The summed E-state index contributed by atoms with van der Waals surface area (Å²) in [7, 11) is -26.8. The van der Waals surface area contributed by atoms with Gasteiger partial charge in [-0.3, -0.25) is 27.6 Å². The first-order valence-electron chi connectivity index (χ1n) is 14.5. The van der Waals surface area contributed by atoms with Gasteiger partial charge in [-0.25, -0.2) is 0 Å². The number of carbonyl (C=O) groups excluding carboxylic acids is 1. The Hall–Kier alpha value is -5.76. The second kappa shape index (κ2) is 14.3. The zero-order valence-corrected chi connectivity index (χ0v) is 31.7. The van der Waals surface area contributed by atoms with E-state index in [-0.39, 0.29) is 5.69 Å². The fraction of sp³-hybridized carbons (Fsp3) is 0.0357. The number of phenolic OH excluding ortho intramolecular Hbond substituents is 3. The number of nitrogens with one attached hydrogen (secondary N) is 1. The van der Waals surface area contributed by atoms with Crippen LogP contribution in [0.1, 0.15) is 6.92 Å². The van der Waals surface area contributed by atoms with Gasteiger partial charge in [-0.15, -0.1) is 20.5 Å². The summed E-state index contributed by atoms with van der Waals surface area (Å²) in [4.78, 5) is 5.27. The van der Waals surface area contributed by atoms with Gasteiger partial charge in [0.2, 0.25) is 5.91 Å².